The molecule has 0 spiro atoms. The van der Waals surface area contributed by atoms with E-state index in [-0.39, 0.29) is 13.1 Å². The standard InChI is InChI=1S/C8H16F2N2/c1-12(2)6-8(9,10)5-11-7-3-4-7/h7,11H,3-6H2,1-2H3. The summed E-state index contributed by atoms with van der Waals surface area (Å²) in [5.41, 5.74) is 0. The number of halogens is 2. The molecule has 0 aromatic heterocycles. The Labute approximate surface area is 71.9 Å². The van der Waals surface area contributed by atoms with Gasteiger partial charge in [0.2, 0.25) is 0 Å². The van der Waals surface area contributed by atoms with E-state index in [1.807, 2.05) is 0 Å². The van der Waals surface area contributed by atoms with Gasteiger partial charge in [0.1, 0.15) is 0 Å². The molecule has 0 aromatic carbocycles. The van der Waals surface area contributed by atoms with Crippen molar-refractivity contribution in [2.75, 3.05) is 27.2 Å². The zero-order valence-electron chi connectivity index (χ0n) is 7.61. The molecule has 4 heteroatoms. The van der Waals surface area contributed by atoms with Gasteiger partial charge in [-0.1, -0.05) is 0 Å². The SMILES string of the molecule is CN(C)CC(F)(F)CNC1CC1. The van der Waals surface area contributed by atoms with Crippen molar-refractivity contribution in [3.8, 4) is 0 Å². The molecule has 1 rings (SSSR count). The van der Waals surface area contributed by atoms with Crippen LogP contribution in [0, 0.1) is 0 Å². The molecule has 0 aliphatic heterocycles. The number of nitrogens with zero attached hydrogens (tertiary/aromatic N) is 1. The van der Waals surface area contributed by atoms with Gasteiger partial charge in [-0.25, -0.2) is 8.78 Å². The minimum Gasteiger partial charge on any atom is -0.308 e. The average Bonchev–Trinajstić information content (AvgIpc) is 2.62. The Hall–Kier alpha value is -0.220. The van der Waals surface area contributed by atoms with Crippen LogP contribution in [0.4, 0.5) is 8.78 Å². The minimum atomic E-state index is -2.59. The largest absolute Gasteiger partial charge is 0.308 e. The first-order valence-electron chi connectivity index (χ1n) is 4.25. The third kappa shape index (κ3) is 3.97. The highest BCUT2D eigenvalue weighted by molar-refractivity contribution is 4.84. The Morgan fingerprint density at radius 2 is 2.00 bits per heavy atom. The molecule has 1 N–H and O–H groups in total. The maximum atomic E-state index is 13.0. The zero-order chi connectivity index (χ0) is 9.19. The molecular formula is C8H16F2N2. The number of rotatable bonds is 5. The first kappa shape index (κ1) is 9.86. The number of hydrogen-bond acceptors (Lipinski definition) is 2. The van der Waals surface area contributed by atoms with E-state index in [1.165, 1.54) is 4.90 Å². The molecule has 12 heavy (non-hydrogen) atoms. The van der Waals surface area contributed by atoms with Crippen LogP contribution in [0.2, 0.25) is 0 Å². The lowest BCUT2D eigenvalue weighted by Gasteiger charge is -2.20. The van der Waals surface area contributed by atoms with Crippen molar-refractivity contribution < 1.29 is 8.78 Å². The van der Waals surface area contributed by atoms with Gasteiger partial charge in [-0.15, -0.1) is 0 Å². The molecule has 0 heterocycles. The fraction of sp³-hybridized carbons (Fsp3) is 1.00. The smallest absolute Gasteiger partial charge is 0.272 e. The predicted octanol–water partition coefficient (Wildman–Crippen LogP) is 0.935. The Kier molecular flexibility index (Phi) is 3.01. The summed E-state index contributed by atoms with van der Waals surface area (Å²) in [6.07, 6.45) is 2.11. The third-order valence-corrected chi connectivity index (χ3v) is 1.77. The predicted molar refractivity (Wildman–Crippen MR) is 44.5 cm³/mol. The third-order valence-electron chi connectivity index (χ3n) is 1.77. The van der Waals surface area contributed by atoms with Crippen LogP contribution in [0.5, 0.6) is 0 Å². The van der Waals surface area contributed by atoms with Crippen LogP contribution in [0.1, 0.15) is 12.8 Å². The van der Waals surface area contributed by atoms with E-state index in [2.05, 4.69) is 5.32 Å². The van der Waals surface area contributed by atoms with Crippen molar-refractivity contribution in [1.82, 2.24) is 10.2 Å². The molecule has 1 saturated carbocycles. The number of hydrogen-bond donors (Lipinski definition) is 1. The van der Waals surface area contributed by atoms with E-state index in [0.29, 0.717) is 6.04 Å². The Balaban J connectivity index is 2.16. The van der Waals surface area contributed by atoms with Gasteiger partial charge in [0.25, 0.3) is 5.92 Å². The van der Waals surface area contributed by atoms with E-state index in [0.717, 1.165) is 12.8 Å². The normalized spacial score (nSPS) is 18.8. The second-order valence-corrected chi connectivity index (χ2v) is 3.75. The summed E-state index contributed by atoms with van der Waals surface area (Å²) in [5.74, 6) is -2.59. The van der Waals surface area contributed by atoms with Crippen LogP contribution in [-0.2, 0) is 0 Å². The summed E-state index contributed by atoms with van der Waals surface area (Å²) < 4.78 is 25.9. The molecular weight excluding hydrogens is 162 g/mol. The highest BCUT2D eigenvalue weighted by atomic mass is 19.3. The maximum Gasteiger partial charge on any atom is 0.272 e. The molecule has 0 amide bonds. The molecule has 0 unspecified atom stereocenters. The lowest BCUT2D eigenvalue weighted by atomic mass is 10.3. The fourth-order valence-corrected chi connectivity index (χ4v) is 1.10. The summed E-state index contributed by atoms with van der Waals surface area (Å²) in [6.45, 7) is -0.359. The monoisotopic (exact) mass is 178 g/mol. The van der Waals surface area contributed by atoms with Gasteiger partial charge in [-0.2, -0.15) is 0 Å². The van der Waals surface area contributed by atoms with Crippen molar-refractivity contribution in [2.24, 2.45) is 0 Å². The number of alkyl halides is 2. The van der Waals surface area contributed by atoms with Crippen LogP contribution in [0.25, 0.3) is 0 Å². The first-order valence-corrected chi connectivity index (χ1v) is 4.25. The van der Waals surface area contributed by atoms with Gasteiger partial charge in [0, 0.05) is 6.04 Å². The van der Waals surface area contributed by atoms with Gasteiger partial charge < -0.3 is 10.2 Å². The number of nitrogens with one attached hydrogen (secondary N) is 1. The van der Waals surface area contributed by atoms with Crippen LogP contribution in [0.3, 0.4) is 0 Å². The Morgan fingerprint density at radius 1 is 1.42 bits per heavy atom. The van der Waals surface area contributed by atoms with Gasteiger partial charge in [-0.3, -0.25) is 0 Å². The van der Waals surface area contributed by atoms with Crippen molar-refractivity contribution in [2.45, 2.75) is 24.8 Å². The fourth-order valence-electron chi connectivity index (χ4n) is 1.10. The van der Waals surface area contributed by atoms with Gasteiger partial charge in [0.05, 0.1) is 13.1 Å². The first-order chi connectivity index (χ1) is 5.49. The average molecular weight is 178 g/mol. The summed E-state index contributed by atoms with van der Waals surface area (Å²) >= 11 is 0. The highest BCUT2D eigenvalue weighted by Gasteiger charge is 2.32. The van der Waals surface area contributed by atoms with Crippen LogP contribution in [-0.4, -0.2) is 44.0 Å². The molecule has 1 fully saturated rings. The second kappa shape index (κ2) is 3.66. The molecule has 1 aliphatic rings. The van der Waals surface area contributed by atoms with E-state index < -0.39 is 5.92 Å². The lowest BCUT2D eigenvalue weighted by molar-refractivity contribution is -0.0200. The highest BCUT2D eigenvalue weighted by Crippen LogP contribution is 2.21. The Morgan fingerprint density at radius 3 is 2.42 bits per heavy atom. The summed E-state index contributed by atoms with van der Waals surface area (Å²) in [4.78, 5) is 1.51. The van der Waals surface area contributed by atoms with E-state index in [4.69, 9.17) is 0 Å². The van der Waals surface area contributed by atoms with Crippen molar-refractivity contribution in [1.29, 1.82) is 0 Å². The van der Waals surface area contributed by atoms with E-state index >= 15 is 0 Å². The maximum absolute atomic E-state index is 13.0. The van der Waals surface area contributed by atoms with E-state index in [9.17, 15) is 8.78 Å². The molecule has 0 aromatic rings. The van der Waals surface area contributed by atoms with Crippen LogP contribution in [0.15, 0.2) is 0 Å². The molecule has 2 nitrogen and oxygen atoms in total. The molecule has 0 bridgehead atoms. The summed E-state index contributed by atoms with van der Waals surface area (Å²) in [6, 6.07) is 0.359. The molecule has 1 aliphatic carbocycles. The molecule has 0 atom stereocenters. The zero-order valence-corrected chi connectivity index (χ0v) is 7.61. The quantitative estimate of drug-likeness (QED) is 0.674. The Bertz CT molecular complexity index is 144. The van der Waals surface area contributed by atoms with Crippen LogP contribution >= 0.6 is 0 Å². The lowest BCUT2D eigenvalue weighted by Crippen LogP contribution is -2.41. The molecule has 72 valence electrons. The molecule has 0 radical (unpaired) electrons. The minimum absolute atomic E-state index is 0.174. The van der Waals surface area contributed by atoms with Gasteiger partial charge in [-0.05, 0) is 26.9 Å². The van der Waals surface area contributed by atoms with Crippen LogP contribution < -0.4 is 5.32 Å². The summed E-state index contributed by atoms with van der Waals surface area (Å²) in [5, 5.41) is 2.83. The van der Waals surface area contributed by atoms with Crippen molar-refractivity contribution in [3.63, 3.8) is 0 Å². The van der Waals surface area contributed by atoms with E-state index in [1.54, 1.807) is 14.1 Å². The molecule has 0 saturated heterocycles. The van der Waals surface area contributed by atoms with Gasteiger partial charge >= 0.3 is 0 Å². The van der Waals surface area contributed by atoms with Crippen molar-refractivity contribution >= 4 is 0 Å². The summed E-state index contributed by atoms with van der Waals surface area (Å²) in [7, 11) is 3.32. The van der Waals surface area contributed by atoms with Crippen molar-refractivity contribution in [3.05, 3.63) is 0 Å². The second-order valence-electron chi connectivity index (χ2n) is 3.75. The topological polar surface area (TPSA) is 15.3 Å². The van der Waals surface area contributed by atoms with Gasteiger partial charge in [0.15, 0.2) is 0 Å².